The molecule has 0 aliphatic carbocycles. The summed E-state index contributed by atoms with van der Waals surface area (Å²) in [6.45, 7) is 2.50. The number of nitrogens with one attached hydrogen (secondary N) is 1. The van der Waals surface area contributed by atoms with Crippen LogP contribution in [0.4, 0.5) is 17.3 Å². The first-order chi connectivity index (χ1) is 14.4. The fourth-order valence-electron chi connectivity index (χ4n) is 2.43. The Morgan fingerprint density at radius 3 is 2.40 bits per heavy atom. The van der Waals surface area contributed by atoms with Crippen molar-refractivity contribution in [2.45, 2.75) is 12.1 Å². The second-order valence-corrected chi connectivity index (χ2v) is 7.36. The summed E-state index contributed by atoms with van der Waals surface area (Å²) in [4.78, 5) is 20.5. The number of hydrogen-bond donors (Lipinski definition) is 3. The number of rotatable bonds is 8. The van der Waals surface area contributed by atoms with Gasteiger partial charge in [0.1, 0.15) is 23.1 Å². The highest BCUT2D eigenvalue weighted by Gasteiger charge is 2.12. The summed E-state index contributed by atoms with van der Waals surface area (Å²) < 4.78 is 11.3. The Labute approximate surface area is 182 Å². The molecule has 0 unspecified atom stereocenters. The maximum atomic E-state index is 12.4. The van der Waals surface area contributed by atoms with Crippen molar-refractivity contribution in [2.24, 2.45) is 0 Å². The van der Waals surface area contributed by atoms with Gasteiger partial charge in [-0.3, -0.25) is 4.79 Å². The van der Waals surface area contributed by atoms with E-state index in [0.717, 1.165) is 17.5 Å². The van der Waals surface area contributed by atoms with Crippen molar-refractivity contribution in [3.63, 3.8) is 0 Å². The average Bonchev–Trinajstić information content (AvgIpc) is 2.69. The highest BCUT2D eigenvalue weighted by atomic mass is 35.5. The molecule has 3 aromatic rings. The van der Waals surface area contributed by atoms with Crippen molar-refractivity contribution in [2.75, 3.05) is 29.1 Å². The first-order valence-corrected chi connectivity index (χ1v) is 10.3. The first kappa shape index (κ1) is 21.5. The lowest BCUT2D eigenvalue weighted by Crippen LogP contribution is -2.15. The molecule has 8 nitrogen and oxygen atoms in total. The highest BCUT2D eigenvalue weighted by molar-refractivity contribution is 7.99. The van der Waals surface area contributed by atoms with Crippen LogP contribution in [-0.2, 0) is 4.79 Å². The number of nitrogen functional groups attached to an aromatic ring is 2. The average molecular weight is 446 g/mol. The molecule has 0 atom stereocenters. The lowest BCUT2D eigenvalue weighted by Gasteiger charge is -2.13. The molecular weight excluding hydrogens is 426 g/mol. The summed E-state index contributed by atoms with van der Waals surface area (Å²) in [5, 5.41) is 3.57. The number of ether oxygens (including phenoxy) is 2. The smallest absolute Gasteiger partial charge is 0.234 e. The van der Waals surface area contributed by atoms with E-state index in [9.17, 15) is 4.79 Å². The van der Waals surface area contributed by atoms with Gasteiger partial charge < -0.3 is 26.3 Å². The predicted molar refractivity (Wildman–Crippen MR) is 119 cm³/mol. The number of carbonyl (C=O) groups excluding carboxylic acids is 1. The molecule has 2 aromatic carbocycles. The number of amides is 1. The number of aromatic nitrogens is 2. The minimum absolute atomic E-state index is 0.0535. The maximum Gasteiger partial charge on any atom is 0.234 e. The molecular formula is C20H20ClN5O3S. The second kappa shape index (κ2) is 10.0. The Morgan fingerprint density at radius 2 is 1.73 bits per heavy atom. The molecule has 0 spiro atoms. The quantitative estimate of drug-likeness (QED) is 0.347. The Bertz CT molecular complexity index is 1010. The molecule has 0 fully saturated rings. The Hall–Kier alpha value is -3.17. The van der Waals surface area contributed by atoms with Gasteiger partial charge in [-0.05, 0) is 49.4 Å². The van der Waals surface area contributed by atoms with E-state index in [-0.39, 0.29) is 23.3 Å². The van der Waals surface area contributed by atoms with Crippen molar-refractivity contribution in [3.8, 4) is 17.2 Å². The van der Waals surface area contributed by atoms with Crippen molar-refractivity contribution in [3.05, 3.63) is 53.6 Å². The summed E-state index contributed by atoms with van der Waals surface area (Å²) in [6, 6.07) is 13.6. The number of halogens is 1. The molecule has 5 N–H and O–H groups in total. The van der Waals surface area contributed by atoms with Crippen LogP contribution in [-0.4, -0.2) is 28.2 Å². The van der Waals surface area contributed by atoms with Crippen molar-refractivity contribution in [1.29, 1.82) is 0 Å². The zero-order chi connectivity index (χ0) is 21.5. The molecule has 0 aliphatic rings. The minimum atomic E-state index is -0.289. The van der Waals surface area contributed by atoms with E-state index >= 15 is 0 Å². The molecule has 0 radical (unpaired) electrons. The molecule has 1 heterocycles. The Kier molecular flexibility index (Phi) is 7.21. The summed E-state index contributed by atoms with van der Waals surface area (Å²) in [6.07, 6.45) is 0. The van der Waals surface area contributed by atoms with Gasteiger partial charge in [-0.1, -0.05) is 23.4 Å². The largest absolute Gasteiger partial charge is 0.494 e. The second-order valence-electron chi connectivity index (χ2n) is 5.98. The van der Waals surface area contributed by atoms with E-state index in [1.165, 1.54) is 6.07 Å². The zero-order valence-corrected chi connectivity index (χ0v) is 17.7. The van der Waals surface area contributed by atoms with Crippen molar-refractivity contribution in [1.82, 2.24) is 9.97 Å². The molecule has 0 bridgehead atoms. The molecule has 0 aliphatic heterocycles. The van der Waals surface area contributed by atoms with Crippen LogP contribution in [0.3, 0.4) is 0 Å². The van der Waals surface area contributed by atoms with E-state index in [2.05, 4.69) is 15.3 Å². The van der Waals surface area contributed by atoms with E-state index in [1.54, 1.807) is 42.5 Å². The molecule has 1 amide bonds. The summed E-state index contributed by atoms with van der Waals surface area (Å²) in [7, 11) is 0. The number of anilines is 3. The third-order valence-corrected chi connectivity index (χ3v) is 4.74. The summed E-state index contributed by atoms with van der Waals surface area (Å²) in [5.41, 5.74) is 11.7. The predicted octanol–water partition coefficient (Wildman–Crippen LogP) is 4.22. The number of carbonyl (C=O) groups is 1. The standard InChI is InChI=1S/C20H20ClN5O3S/c1-2-28-13-4-6-14(7-5-13)29-16-8-3-12(21)9-15(16)24-19(27)11-30-20-25-17(22)10-18(23)26-20/h3-10H,2,11H2,1H3,(H,24,27)(H4,22,23,25,26). The number of nitrogens with zero attached hydrogens (tertiary/aromatic N) is 2. The van der Waals surface area contributed by atoms with Crippen LogP contribution in [0, 0.1) is 0 Å². The fraction of sp³-hybridized carbons (Fsp3) is 0.150. The fourth-order valence-corrected chi connectivity index (χ4v) is 3.27. The van der Waals surface area contributed by atoms with Gasteiger partial charge in [-0.25, -0.2) is 9.97 Å². The van der Waals surface area contributed by atoms with Crippen LogP contribution in [0.2, 0.25) is 5.02 Å². The van der Waals surface area contributed by atoms with Gasteiger partial charge in [-0.2, -0.15) is 0 Å². The van der Waals surface area contributed by atoms with Crippen molar-refractivity contribution >= 4 is 46.6 Å². The van der Waals surface area contributed by atoms with E-state index in [1.807, 2.05) is 6.92 Å². The molecule has 0 saturated heterocycles. The third kappa shape index (κ3) is 6.16. The molecule has 156 valence electrons. The minimum Gasteiger partial charge on any atom is -0.494 e. The SMILES string of the molecule is CCOc1ccc(Oc2ccc(Cl)cc2NC(=O)CSc2nc(N)cc(N)n2)cc1. The molecule has 0 saturated carbocycles. The summed E-state index contributed by atoms with van der Waals surface area (Å²) in [5.74, 6) is 2.04. The summed E-state index contributed by atoms with van der Waals surface area (Å²) >= 11 is 7.20. The topological polar surface area (TPSA) is 125 Å². The number of thioether (sulfide) groups is 1. The Morgan fingerprint density at radius 1 is 1.07 bits per heavy atom. The normalized spacial score (nSPS) is 10.5. The monoisotopic (exact) mass is 445 g/mol. The van der Waals surface area contributed by atoms with E-state index in [0.29, 0.717) is 34.0 Å². The van der Waals surface area contributed by atoms with Gasteiger partial charge in [0.2, 0.25) is 5.91 Å². The lowest BCUT2D eigenvalue weighted by atomic mass is 10.2. The van der Waals surface area contributed by atoms with Crippen LogP contribution in [0.25, 0.3) is 0 Å². The zero-order valence-electron chi connectivity index (χ0n) is 16.1. The third-order valence-electron chi connectivity index (χ3n) is 3.66. The van der Waals surface area contributed by atoms with E-state index < -0.39 is 0 Å². The van der Waals surface area contributed by atoms with Gasteiger partial charge in [0.05, 0.1) is 18.0 Å². The van der Waals surface area contributed by atoms with Gasteiger partial charge in [0, 0.05) is 11.1 Å². The van der Waals surface area contributed by atoms with Gasteiger partial charge in [-0.15, -0.1) is 0 Å². The van der Waals surface area contributed by atoms with Crippen LogP contribution >= 0.6 is 23.4 Å². The molecule has 30 heavy (non-hydrogen) atoms. The number of benzene rings is 2. The van der Waals surface area contributed by atoms with Gasteiger partial charge >= 0.3 is 0 Å². The van der Waals surface area contributed by atoms with Crippen LogP contribution in [0.15, 0.2) is 53.7 Å². The molecule has 3 rings (SSSR count). The number of hydrogen-bond acceptors (Lipinski definition) is 8. The highest BCUT2D eigenvalue weighted by Crippen LogP contribution is 2.33. The Balaban J connectivity index is 1.67. The van der Waals surface area contributed by atoms with Crippen molar-refractivity contribution < 1.29 is 14.3 Å². The maximum absolute atomic E-state index is 12.4. The van der Waals surface area contributed by atoms with Crippen LogP contribution in [0.5, 0.6) is 17.2 Å². The number of nitrogens with two attached hydrogens (primary N) is 2. The van der Waals surface area contributed by atoms with Gasteiger partial charge in [0.15, 0.2) is 10.9 Å². The molecule has 1 aromatic heterocycles. The lowest BCUT2D eigenvalue weighted by molar-refractivity contribution is -0.113. The van der Waals surface area contributed by atoms with E-state index in [4.69, 9.17) is 32.5 Å². The molecule has 10 heteroatoms. The van der Waals surface area contributed by atoms with Gasteiger partial charge in [0.25, 0.3) is 0 Å². The first-order valence-electron chi connectivity index (χ1n) is 8.96. The van der Waals surface area contributed by atoms with Crippen LogP contribution < -0.4 is 26.3 Å². The van der Waals surface area contributed by atoms with Crippen LogP contribution in [0.1, 0.15) is 6.92 Å².